The second-order valence-corrected chi connectivity index (χ2v) is 6.75. The van der Waals surface area contributed by atoms with Gasteiger partial charge in [-0.3, -0.25) is 4.90 Å². The van der Waals surface area contributed by atoms with Gasteiger partial charge in [0.2, 0.25) is 0 Å². The Bertz CT molecular complexity index is 622. The van der Waals surface area contributed by atoms with E-state index in [1.54, 1.807) is 0 Å². The van der Waals surface area contributed by atoms with Crippen molar-refractivity contribution in [2.45, 2.75) is 6.54 Å². The summed E-state index contributed by atoms with van der Waals surface area (Å²) < 4.78 is 5.79. The molecule has 134 valence electrons. The number of hydrogen-bond acceptors (Lipinski definition) is 5. The Morgan fingerprint density at radius 2 is 1.76 bits per heavy atom. The fraction of sp³-hybridized carbons (Fsp3) is 0.450. The Kier molecular flexibility index (Phi) is 6.25. The van der Waals surface area contributed by atoms with Gasteiger partial charge in [-0.25, -0.2) is 4.98 Å². The zero-order valence-electron chi connectivity index (χ0n) is 15.3. The molecule has 0 bridgehead atoms. The maximum atomic E-state index is 5.79. The predicted molar refractivity (Wildman–Crippen MR) is 102 cm³/mol. The number of para-hydroxylation sites is 1. The Morgan fingerprint density at radius 1 is 1.00 bits per heavy atom. The lowest BCUT2D eigenvalue weighted by Crippen LogP contribution is -2.47. The highest BCUT2D eigenvalue weighted by atomic mass is 16.5. The lowest BCUT2D eigenvalue weighted by molar-refractivity contribution is 0.200. The molecule has 5 heteroatoms. The highest BCUT2D eigenvalue weighted by Crippen LogP contribution is 2.15. The van der Waals surface area contributed by atoms with Gasteiger partial charge in [-0.1, -0.05) is 24.3 Å². The maximum Gasteiger partial charge on any atom is 0.128 e. The van der Waals surface area contributed by atoms with E-state index in [9.17, 15) is 0 Å². The molecule has 1 aliphatic heterocycles. The third kappa shape index (κ3) is 5.44. The minimum Gasteiger partial charge on any atom is -0.492 e. The Balaban J connectivity index is 1.41. The van der Waals surface area contributed by atoms with Crippen molar-refractivity contribution in [2.75, 3.05) is 58.3 Å². The van der Waals surface area contributed by atoms with Crippen LogP contribution in [0, 0.1) is 0 Å². The fourth-order valence-corrected chi connectivity index (χ4v) is 3.07. The third-order valence-electron chi connectivity index (χ3n) is 4.42. The molecule has 0 amide bonds. The summed E-state index contributed by atoms with van der Waals surface area (Å²) in [6, 6.07) is 14.4. The molecular formula is C20H28N4O. The van der Waals surface area contributed by atoms with Crippen molar-refractivity contribution in [2.24, 2.45) is 0 Å². The van der Waals surface area contributed by atoms with E-state index in [1.165, 1.54) is 5.56 Å². The summed E-state index contributed by atoms with van der Waals surface area (Å²) in [6.45, 7) is 6.79. The largest absolute Gasteiger partial charge is 0.492 e. The van der Waals surface area contributed by atoms with Crippen molar-refractivity contribution in [3.8, 4) is 5.75 Å². The molecule has 3 rings (SSSR count). The molecule has 0 radical (unpaired) electrons. The molecule has 0 aliphatic carbocycles. The summed E-state index contributed by atoms with van der Waals surface area (Å²) in [5, 5.41) is 0. The normalized spacial score (nSPS) is 15.6. The number of anilines is 1. The molecule has 25 heavy (non-hydrogen) atoms. The molecule has 1 aromatic carbocycles. The van der Waals surface area contributed by atoms with Gasteiger partial charge >= 0.3 is 0 Å². The summed E-state index contributed by atoms with van der Waals surface area (Å²) in [6.07, 6.45) is 2.00. The second kappa shape index (κ2) is 8.83. The third-order valence-corrected chi connectivity index (χ3v) is 4.42. The second-order valence-electron chi connectivity index (χ2n) is 6.75. The van der Waals surface area contributed by atoms with Gasteiger partial charge in [-0.2, -0.15) is 0 Å². The van der Waals surface area contributed by atoms with Gasteiger partial charge in [0.15, 0.2) is 0 Å². The molecule has 0 N–H and O–H groups in total. The van der Waals surface area contributed by atoms with E-state index in [1.807, 2.05) is 36.5 Å². The average Bonchev–Trinajstić information content (AvgIpc) is 2.63. The smallest absolute Gasteiger partial charge is 0.128 e. The lowest BCUT2D eigenvalue weighted by Gasteiger charge is -2.35. The molecule has 2 aromatic rings. The average molecular weight is 340 g/mol. The molecule has 0 atom stereocenters. The minimum absolute atomic E-state index is 0.738. The fourth-order valence-electron chi connectivity index (χ4n) is 3.07. The quantitative estimate of drug-likeness (QED) is 0.772. The van der Waals surface area contributed by atoms with Crippen LogP contribution in [0.5, 0.6) is 5.75 Å². The molecule has 1 saturated heterocycles. The number of benzene rings is 1. The van der Waals surface area contributed by atoms with Crippen LogP contribution in [0.3, 0.4) is 0 Å². The first-order valence-electron chi connectivity index (χ1n) is 8.95. The first-order chi connectivity index (χ1) is 12.2. The van der Waals surface area contributed by atoms with Crippen LogP contribution in [0.15, 0.2) is 48.7 Å². The summed E-state index contributed by atoms with van der Waals surface area (Å²) in [7, 11) is 4.16. The highest BCUT2D eigenvalue weighted by molar-refractivity contribution is 5.39. The maximum absolute atomic E-state index is 5.79. The van der Waals surface area contributed by atoms with Crippen molar-refractivity contribution in [1.29, 1.82) is 0 Å². The zero-order chi connectivity index (χ0) is 17.5. The van der Waals surface area contributed by atoms with Gasteiger partial charge < -0.3 is 14.5 Å². The molecule has 0 saturated carbocycles. The lowest BCUT2D eigenvalue weighted by atomic mass is 10.2. The highest BCUT2D eigenvalue weighted by Gasteiger charge is 2.17. The summed E-state index contributed by atoms with van der Waals surface area (Å²) in [4.78, 5) is 11.6. The van der Waals surface area contributed by atoms with E-state index in [0.29, 0.717) is 0 Å². The molecule has 0 unspecified atom stereocenters. The Labute approximate surface area is 150 Å². The van der Waals surface area contributed by atoms with Crippen molar-refractivity contribution in [3.05, 3.63) is 54.2 Å². The van der Waals surface area contributed by atoms with Crippen LogP contribution in [0.25, 0.3) is 0 Å². The van der Waals surface area contributed by atoms with E-state index in [4.69, 9.17) is 4.74 Å². The number of nitrogens with zero attached hydrogens (tertiary/aromatic N) is 4. The van der Waals surface area contributed by atoms with Gasteiger partial charge in [-0.15, -0.1) is 0 Å². The van der Waals surface area contributed by atoms with E-state index in [0.717, 1.165) is 57.4 Å². The summed E-state index contributed by atoms with van der Waals surface area (Å²) in [5.41, 5.74) is 1.26. The Hall–Kier alpha value is -2.11. The number of hydrogen-bond donors (Lipinski definition) is 0. The SMILES string of the molecule is CN(C)Cc1ccc(N2CCN(CCOc3ccccc3)CC2)nc1. The van der Waals surface area contributed by atoms with Gasteiger partial charge in [0.1, 0.15) is 18.2 Å². The van der Waals surface area contributed by atoms with Crippen LogP contribution in [-0.2, 0) is 6.54 Å². The first-order valence-corrected chi connectivity index (χ1v) is 8.95. The van der Waals surface area contributed by atoms with Crippen molar-refractivity contribution in [3.63, 3.8) is 0 Å². The standard InChI is InChI=1S/C20H28N4O/c1-22(2)17-18-8-9-20(21-16-18)24-12-10-23(11-13-24)14-15-25-19-6-4-3-5-7-19/h3-9,16H,10-15,17H2,1-2H3. The van der Waals surface area contributed by atoms with Crippen LogP contribution in [-0.4, -0.2) is 68.2 Å². The van der Waals surface area contributed by atoms with Gasteiger partial charge in [0, 0.05) is 45.5 Å². The molecule has 1 aromatic heterocycles. The van der Waals surface area contributed by atoms with Crippen LogP contribution < -0.4 is 9.64 Å². The van der Waals surface area contributed by atoms with E-state index in [-0.39, 0.29) is 0 Å². The topological polar surface area (TPSA) is 31.8 Å². The van der Waals surface area contributed by atoms with Crippen LogP contribution in [0.1, 0.15) is 5.56 Å². The predicted octanol–water partition coefficient (Wildman–Crippen LogP) is 2.34. The molecule has 5 nitrogen and oxygen atoms in total. The van der Waals surface area contributed by atoms with Crippen LogP contribution in [0.4, 0.5) is 5.82 Å². The number of pyridine rings is 1. The summed E-state index contributed by atoms with van der Waals surface area (Å²) in [5.74, 6) is 2.03. The minimum atomic E-state index is 0.738. The van der Waals surface area contributed by atoms with Gasteiger partial charge in [0.25, 0.3) is 0 Å². The number of ether oxygens (including phenoxy) is 1. The molecular weight excluding hydrogens is 312 g/mol. The Morgan fingerprint density at radius 3 is 2.40 bits per heavy atom. The van der Waals surface area contributed by atoms with Crippen molar-refractivity contribution >= 4 is 5.82 Å². The first kappa shape index (κ1) is 17.7. The van der Waals surface area contributed by atoms with Crippen LogP contribution in [0.2, 0.25) is 0 Å². The molecule has 2 heterocycles. The molecule has 1 fully saturated rings. The zero-order valence-corrected chi connectivity index (χ0v) is 15.3. The number of piperazine rings is 1. The number of rotatable bonds is 7. The summed E-state index contributed by atoms with van der Waals surface area (Å²) >= 11 is 0. The van der Waals surface area contributed by atoms with Gasteiger partial charge in [0.05, 0.1) is 0 Å². The number of aromatic nitrogens is 1. The van der Waals surface area contributed by atoms with Gasteiger partial charge in [-0.05, 0) is 37.9 Å². The van der Waals surface area contributed by atoms with Crippen LogP contribution >= 0.6 is 0 Å². The van der Waals surface area contributed by atoms with E-state index in [2.05, 4.69) is 45.9 Å². The molecule has 0 spiro atoms. The van der Waals surface area contributed by atoms with E-state index >= 15 is 0 Å². The van der Waals surface area contributed by atoms with E-state index < -0.39 is 0 Å². The van der Waals surface area contributed by atoms with Crippen molar-refractivity contribution < 1.29 is 4.74 Å². The monoisotopic (exact) mass is 340 g/mol. The van der Waals surface area contributed by atoms with Crippen molar-refractivity contribution in [1.82, 2.24) is 14.8 Å². The molecule has 1 aliphatic rings.